The number of carbonyl (C=O) groups is 3. The summed E-state index contributed by atoms with van der Waals surface area (Å²) in [6.45, 7) is 3.10. The van der Waals surface area contributed by atoms with Crippen LogP contribution in [0.1, 0.15) is 18.2 Å². The third-order valence-corrected chi connectivity index (χ3v) is 4.46. The van der Waals surface area contributed by atoms with Gasteiger partial charge in [-0.1, -0.05) is 5.16 Å². The molecule has 3 heterocycles. The molecule has 2 aliphatic rings. The van der Waals surface area contributed by atoms with Crippen LogP contribution in [0.2, 0.25) is 0 Å². The molecule has 138 valence electrons. The lowest BCUT2D eigenvalue weighted by molar-refractivity contribution is -0.132. The highest BCUT2D eigenvalue weighted by atomic mass is 16.6. The van der Waals surface area contributed by atoms with Crippen LogP contribution in [0.5, 0.6) is 5.75 Å². The molecule has 2 aromatic rings. The number of imide groups is 1. The molecular formula is C18H16N4O5. The van der Waals surface area contributed by atoms with Gasteiger partial charge in [0.1, 0.15) is 17.4 Å². The molecule has 4 rings (SSSR count). The largest absolute Gasteiger partial charge is 0.427 e. The Labute approximate surface area is 154 Å². The number of hydrogen-bond acceptors (Lipinski definition) is 7. The number of amides is 2. The molecule has 1 saturated heterocycles. The molecule has 1 aromatic heterocycles. The van der Waals surface area contributed by atoms with Gasteiger partial charge in [0.25, 0.3) is 5.91 Å². The summed E-state index contributed by atoms with van der Waals surface area (Å²) in [5, 5.41) is 8.23. The van der Waals surface area contributed by atoms with Gasteiger partial charge in [-0.05, 0) is 31.2 Å². The van der Waals surface area contributed by atoms with Crippen LogP contribution in [0.25, 0.3) is 0 Å². The van der Waals surface area contributed by atoms with Crippen LogP contribution >= 0.6 is 0 Å². The van der Waals surface area contributed by atoms with E-state index in [9.17, 15) is 14.4 Å². The summed E-state index contributed by atoms with van der Waals surface area (Å²) in [5.74, 6) is -1.83. The van der Waals surface area contributed by atoms with Crippen molar-refractivity contribution in [3.63, 3.8) is 0 Å². The van der Waals surface area contributed by atoms with Gasteiger partial charge in [0, 0.05) is 25.7 Å². The highest BCUT2D eigenvalue weighted by molar-refractivity contribution is 6.32. The topological polar surface area (TPSA) is 103 Å². The molecule has 2 atom stereocenters. The number of hydrogen-bond donors (Lipinski definition) is 0. The number of anilines is 1. The Morgan fingerprint density at radius 2 is 1.89 bits per heavy atom. The van der Waals surface area contributed by atoms with Crippen molar-refractivity contribution in [1.82, 2.24) is 9.78 Å². The predicted octanol–water partition coefficient (Wildman–Crippen LogP) is 0.946. The number of aromatic nitrogens is 2. The summed E-state index contributed by atoms with van der Waals surface area (Å²) in [7, 11) is 1.77. The van der Waals surface area contributed by atoms with E-state index in [2.05, 4.69) is 10.3 Å². The van der Waals surface area contributed by atoms with E-state index in [-0.39, 0.29) is 0 Å². The summed E-state index contributed by atoms with van der Waals surface area (Å²) < 4.78 is 6.59. The molecule has 0 spiro atoms. The number of rotatable bonds is 3. The Morgan fingerprint density at radius 3 is 2.48 bits per heavy atom. The van der Waals surface area contributed by atoms with Crippen molar-refractivity contribution in [3.05, 3.63) is 41.7 Å². The van der Waals surface area contributed by atoms with Crippen LogP contribution in [0.15, 0.2) is 35.6 Å². The lowest BCUT2D eigenvalue weighted by atomic mass is 9.94. The second-order valence-electron chi connectivity index (χ2n) is 6.38. The Morgan fingerprint density at radius 1 is 1.19 bits per heavy atom. The molecule has 9 nitrogen and oxygen atoms in total. The SMILES string of the molecule is CC(=O)Oc1ccc(N2C(=O)[C@@H]3C(c4cn(C)nc4C)=NO[C@H]3C2=O)cc1. The van der Waals surface area contributed by atoms with Gasteiger partial charge in [-0.3, -0.25) is 19.1 Å². The smallest absolute Gasteiger partial charge is 0.308 e. The molecule has 9 heteroatoms. The minimum Gasteiger partial charge on any atom is -0.427 e. The van der Waals surface area contributed by atoms with Crippen LogP contribution in [0.4, 0.5) is 5.69 Å². The van der Waals surface area contributed by atoms with Crippen LogP contribution in [0, 0.1) is 12.8 Å². The van der Waals surface area contributed by atoms with Crippen molar-refractivity contribution in [2.24, 2.45) is 18.1 Å². The van der Waals surface area contributed by atoms with Crippen molar-refractivity contribution in [3.8, 4) is 5.75 Å². The molecule has 0 radical (unpaired) electrons. The lowest BCUT2D eigenvalue weighted by Crippen LogP contribution is -2.33. The number of nitrogens with zero attached hydrogens (tertiary/aromatic N) is 4. The van der Waals surface area contributed by atoms with E-state index in [0.717, 1.165) is 4.90 Å². The predicted molar refractivity (Wildman–Crippen MR) is 93.1 cm³/mol. The van der Waals surface area contributed by atoms with Gasteiger partial charge in [0.2, 0.25) is 12.0 Å². The van der Waals surface area contributed by atoms with E-state index in [0.29, 0.717) is 28.4 Å². The van der Waals surface area contributed by atoms with E-state index in [1.54, 1.807) is 37.0 Å². The molecule has 2 amide bonds. The van der Waals surface area contributed by atoms with Crippen molar-refractivity contribution in [1.29, 1.82) is 0 Å². The molecule has 0 bridgehead atoms. The third kappa shape index (κ3) is 2.67. The van der Waals surface area contributed by atoms with Gasteiger partial charge in [-0.2, -0.15) is 5.10 Å². The summed E-state index contributed by atoms with van der Waals surface area (Å²) in [6, 6.07) is 6.13. The second kappa shape index (κ2) is 6.04. The number of benzene rings is 1. The van der Waals surface area contributed by atoms with Crippen LogP contribution < -0.4 is 9.64 Å². The van der Waals surface area contributed by atoms with Gasteiger partial charge in [0.15, 0.2) is 0 Å². The quantitative estimate of drug-likeness (QED) is 0.454. The Bertz CT molecular complexity index is 992. The summed E-state index contributed by atoms with van der Waals surface area (Å²) in [4.78, 5) is 43.1. The first-order valence-electron chi connectivity index (χ1n) is 8.27. The van der Waals surface area contributed by atoms with Gasteiger partial charge in [-0.15, -0.1) is 0 Å². The summed E-state index contributed by atoms with van der Waals surface area (Å²) >= 11 is 0. The van der Waals surface area contributed by atoms with Crippen LogP contribution in [-0.4, -0.2) is 39.4 Å². The average Bonchev–Trinajstić information content (AvgIpc) is 3.24. The summed E-state index contributed by atoms with van der Waals surface area (Å²) in [5.41, 5.74) is 2.16. The molecule has 27 heavy (non-hydrogen) atoms. The first kappa shape index (κ1) is 17.0. The standard InChI is InChI=1S/C18H16N4O5/c1-9-13(8-21(3)19-9)15-14-16(27-20-15)18(25)22(17(14)24)11-4-6-12(7-5-11)26-10(2)23/h4-8,14,16H,1-3H3/t14-,16-/m1/s1. The van der Waals surface area contributed by atoms with E-state index in [4.69, 9.17) is 9.57 Å². The van der Waals surface area contributed by atoms with Crippen molar-refractivity contribution < 1.29 is 24.0 Å². The molecule has 0 N–H and O–H groups in total. The average molecular weight is 368 g/mol. The lowest BCUT2D eigenvalue weighted by Gasteiger charge is -2.15. The first-order chi connectivity index (χ1) is 12.9. The Kier molecular flexibility index (Phi) is 3.79. The monoisotopic (exact) mass is 368 g/mol. The van der Waals surface area contributed by atoms with Crippen LogP contribution in [0.3, 0.4) is 0 Å². The maximum absolute atomic E-state index is 13.0. The fraction of sp³-hybridized carbons (Fsp3) is 0.278. The highest BCUT2D eigenvalue weighted by Crippen LogP contribution is 2.36. The molecule has 1 fully saturated rings. The molecule has 1 aromatic carbocycles. The minimum atomic E-state index is -0.986. The number of carbonyl (C=O) groups excluding carboxylic acids is 3. The molecule has 0 unspecified atom stereocenters. The number of fused-ring (bicyclic) bond motifs is 1. The minimum absolute atomic E-state index is 0.329. The Hall–Kier alpha value is -3.49. The molecule has 2 aliphatic heterocycles. The van der Waals surface area contributed by atoms with Gasteiger partial charge in [0.05, 0.1) is 11.4 Å². The molecule has 0 aliphatic carbocycles. The number of aryl methyl sites for hydroxylation is 2. The molecule has 0 saturated carbocycles. The maximum atomic E-state index is 13.0. The fourth-order valence-corrected chi connectivity index (χ4v) is 3.34. The first-order valence-corrected chi connectivity index (χ1v) is 8.27. The zero-order valence-corrected chi connectivity index (χ0v) is 14.9. The zero-order chi connectivity index (χ0) is 19.3. The van der Waals surface area contributed by atoms with Gasteiger partial charge < -0.3 is 9.57 Å². The van der Waals surface area contributed by atoms with E-state index >= 15 is 0 Å². The fourth-order valence-electron chi connectivity index (χ4n) is 3.34. The van der Waals surface area contributed by atoms with Crippen LogP contribution in [-0.2, 0) is 26.3 Å². The van der Waals surface area contributed by atoms with E-state index < -0.39 is 29.8 Å². The molecular weight excluding hydrogens is 352 g/mol. The third-order valence-electron chi connectivity index (χ3n) is 4.46. The van der Waals surface area contributed by atoms with Crippen molar-refractivity contribution >= 4 is 29.2 Å². The van der Waals surface area contributed by atoms with E-state index in [1.807, 2.05) is 0 Å². The number of ether oxygens (including phenoxy) is 1. The zero-order valence-electron chi connectivity index (χ0n) is 14.9. The van der Waals surface area contributed by atoms with Crippen molar-refractivity contribution in [2.75, 3.05) is 4.90 Å². The van der Waals surface area contributed by atoms with E-state index in [1.165, 1.54) is 19.1 Å². The van der Waals surface area contributed by atoms with Gasteiger partial charge in [-0.25, -0.2) is 4.90 Å². The van der Waals surface area contributed by atoms with Gasteiger partial charge >= 0.3 is 5.97 Å². The van der Waals surface area contributed by atoms with Crippen molar-refractivity contribution in [2.45, 2.75) is 20.0 Å². The maximum Gasteiger partial charge on any atom is 0.308 e. The number of esters is 1. The second-order valence-corrected chi connectivity index (χ2v) is 6.38. The number of oxime groups is 1. The summed E-state index contributed by atoms with van der Waals surface area (Å²) in [6.07, 6.45) is 0.758. The highest BCUT2D eigenvalue weighted by Gasteiger charge is 2.56. The normalized spacial score (nSPS) is 21.1. The Balaban J connectivity index is 1.64.